The van der Waals surface area contributed by atoms with Crippen molar-refractivity contribution in [3.05, 3.63) is 46.4 Å². The molecule has 8 nitrogen and oxygen atoms in total. The number of benzene rings is 1. The molecule has 2 heterocycles. The second-order valence-corrected chi connectivity index (χ2v) is 6.37. The number of aromatic amines is 1. The number of aromatic nitrogens is 4. The Kier molecular flexibility index (Phi) is 5.15. The fourth-order valence-corrected chi connectivity index (χ4v) is 2.98. The van der Waals surface area contributed by atoms with Crippen LogP contribution in [0.5, 0.6) is 0 Å². The maximum absolute atomic E-state index is 12.1. The summed E-state index contributed by atoms with van der Waals surface area (Å²) in [5.74, 6) is -0.0847. The summed E-state index contributed by atoms with van der Waals surface area (Å²) < 4.78 is 1.46. The first kappa shape index (κ1) is 17.2. The number of aryl methyl sites for hydroxylation is 1. The molecule has 0 radical (unpaired) electrons. The smallest absolute Gasteiger partial charge is 0.262 e. The van der Waals surface area contributed by atoms with E-state index >= 15 is 0 Å². The molecule has 3 N–H and O–H groups in total. The third-order valence-corrected chi connectivity index (χ3v) is 4.31. The minimum atomic E-state index is -0.323. The van der Waals surface area contributed by atoms with E-state index < -0.39 is 0 Å². The Morgan fingerprint density at radius 1 is 1.44 bits per heavy atom. The average Bonchev–Trinajstić information content (AvgIpc) is 2.97. The molecule has 0 aliphatic heterocycles. The molecule has 0 aliphatic carbocycles. The van der Waals surface area contributed by atoms with E-state index in [-0.39, 0.29) is 30.4 Å². The molecule has 0 fully saturated rings. The van der Waals surface area contributed by atoms with Gasteiger partial charge in [0, 0.05) is 5.69 Å². The largest absolute Gasteiger partial charge is 0.394 e. The SMILES string of the molecule is Cc1cccc(NC(=O)CSc2nc3c(cnn3CCO)c(=O)[nH]2)c1. The Morgan fingerprint density at radius 2 is 2.28 bits per heavy atom. The molecule has 2 aromatic heterocycles. The third-order valence-electron chi connectivity index (χ3n) is 3.44. The second-order valence-electron chi connectivity index (χ2n) is 5.41. The fraction of sp³-hybridized carbons (Fsp3) is 0.250. The molecule has 3 rings (SSSR count). The van der Waals surface area contributed by atoms with E-state index in [9.17, 15) is 9.59 Å². The summed E-state index contributed by atoms with van der Waals surface area (Å²) in [4.78, 5) is 31.1. The first-order chi connectivity index (χ1) is 12.1. The molecule has 0 bridgehead atoms. The predicted octanol–water partition coefficient (Wildman–Crippen LogP) is 1.15. The first-order valence-electron chi connectivity index (χ1n) is 7.63. The van der Waals surface area contributed by atoms with Gasteiger partial charge in [-0.25, -0.2) is 9.67 Å². The number of carbonyl (C=O) groups excluding carboxylic acids is 1. The second kappa shape index (κ2) is 7.49. The Labute approximate surface area is 147 Å². The van der Waals surface area contributed by atoms with Crippen LogP contribution in [0.3, 0.4) is 0 Å². The highest BCUT2D eigenvalue weighted by molar-refractivity contribution is 7.99. The van der Waals surface area contributed by atoms with Crippen LogP contribution in [0.4, 0.5) is 5.69 Å². The monoisotopic (exact) mass is 359 g/mol. The number of nitrogens with zero attached hydrogens (tertiary/aromatic N) is 3. The molecule has 0 atom stereocenters. The van der Waals surface area contributed by atoms with E-state index in [1.54, 1.807) is 0 Å². The number of H-pyrrole nitrogens is 1. The first-order valence-corrected chi connectivity index (χ1v) is 8.61. The fourth-order valence-electron chi connectivity index (χ4n) is 2.33. The van der Waals surface area contributed by atoms with Gasteiger partial charge in [-0.15, -0.1) is 0 Å². The zero-order chi connectivity index (χ0) is 17.8. The third kappa shape index (κ3) is 4.06. The summed E-state index contributed by atoms with van der Waals surface area (Å²) in [5, 5.41) is 16.6. The molecule has 1 amide bonds. The number of thioether (sulfide) groups is 1. The Balaban J connectivity index is 1.71. The van der Waals surface area contributed by atoms with Crippen molar-refractivity contribution < 1.29 is 9.90 Å². The van der Waals surface area contributed by atoms with Crippen molar-refractivity contribution in [2.24, 2.45) is 0 Å². The van der Waals surface area contributed by atoms with Gasteiger partial charge >= 0.3 is 0 Å². The topological polar surface area (TPSA) is 113 Å². The lowest BCUT2D eigenvalue weighted by molar-refractivity contribution is -0.113. The van der Waals surface area contributed by atoms with Crippen molar-refractivity contribution in [2.75, 3.05) is 17.7 Å². The molecule has 25 heavy (non-hydrogen) atoms. The van der Waals surface area contributed by atoms with E-state index in [2.05, 4.69) is 20.4 Å². The van der Waals surface area contributed by atoms with Crippen molar-refractivity contribution in [1.82, 2.24) is 19.7 Å². The minimum Gasteiger partial charge on any atom is -0.394 e. The van der Waals surface area contributed by atoms with Crippen LogP contribution in [0.15, 0.2) is 40.4 Å². The minimum absolute atomic E-state index is 0.105. The summed E-state index contributed by atoms with van der Waals surface area (Å²) in [6.45, 7) is 2.09. The lowest BCUT2D eigenvalue weighted by atomic mass is 10.2. The van der Waals surface area contributed by atoms with E-state index in [0.29, 0.717) is 16.2 Å². The normalized spacial score (nSPS) is 11.0. The zero-order valence-corrected chi connectivity index (χ0v) is 14.3. The van der Waals surface area contributed by atoms with Gasteiger partial charge < -0.3 is 15.4 Å². The number of fused-ring (bicyclic) bond motifs is 1. The average molecular weight is 359 g/mol. The van der Waals surface area contributed by atoms with Crippen LogP contribution >= 0.6 is 11.8 Å². The molecule has 0 saturated carbocycles. The molecular formula is C16H17N5O3S. The van der Waals surface area contributed by atoms with Crippen LogP contribution in [-0.4, -0.2) is 43.1 Å². The summed E-state index contributed by atoms with van der Waals surface area (Å²) in [6.07, 6.45) is 1.41. The van der Waals surface area contributed by atoms with Crippen LogP contribution in [0.1, 0.15) is 5.56 Å². The maximum atomic E-state index is 12.1. The molecule has 3 aromatic rings. The molecule has 0 saturated heterocycles. The number of hydrogen-bond acceptors (Lipinski definition) is 6. The highest BCUT2D eigenvalue weighted by atomic mass is 32.2. The van der Waals surface area contributed by atoms with Crippen molar-refractivity contribution in [3.8, 4) is 0 Å². The van der Waals surface area contributed by atoms with Crippen LogP contribution in [0.2, 0.25) is 0 Å². The maximum Gasteiger partial charge on any atom is 0.262 e. The van der Waals surface area contributed by atoms with Crippen LogP contribution in [-0.2, 0) is 11.3 Å². The quantitative estimate of drug-likeness (QED) is 0.449. The van der Waals surface area contributed by atoms with E-state index in [1.807, 2.05) is 31.2 Å². The van der Waals surface area contributed by atoms with Gasteiger partial charge in [0.15, 0.2) is 10.8 Å². The van der Waals surface area contributed by atoms with Gasteiger partial charge in [-0.1, -0.05) is 23.9 Å². The Hall–Kier alpha value is -2.65. The van der Waals surface area contributed by atoms with Gasteiger partial charge in [0.25, 0.3) is 5.56 Å². The number of hydrogen-bond donors (Lipinski definition) is 3. The molecule has 1 aromatic carbocycles. The van der Waals surface area contributed by atoms with E-state index in [0.717, 1.165) is 23.0 Å². The number of aliphatic hydroxyl groups is 1. The summed E-state index contributed by atoms with van der Waals surface area (Å²) in [7, 11) is 0. The van der Waals surface area contributed by atoms with Gasteiger partial charge in [0.1, 0.15) is 5.39 Å². The molecular weight excluding hydrogens is 342 g/mol. The lowest BCUT2D eigenvalue weighted by Crippen LogP contribution is -2.16. The van der Waals surface area contributed by atoms with Gasteiger partial charge in [0.05, 0.1) is 25.1 Å². The molecule has 0 aliphatic rings. The Bertz CT molecular complexity index is 966. The van der Waals surface area contributed by atoms with Gasteiger partial charge in [-0.05, 0) is 24.6 Å². The van der Waals surface area contributed by atoms with Crippen molar-refractivity contribution >= 4 is 34.4 Å². The van der Waals surface area contributed by atoms with E-state index in [1.165, 1.54) is 10.9 Å². The summed E-state index contributed by atoms with van der Waals surface area (Å²) in [6, 6.07) is 7.51. The number of anilines is 1. The molecule has 9 heteroatoms. The van der Waals surface area contributed by atoms with Crippen LogP contribution in [0, 0.1) is 6.92 Å². The standard InChI is InChI=1S/C16H17N5O3S/c1-10-3-2-4-11(7-10)18-13(23)9-25-16-19-14-12(15(24)20-16)8-17-21(14)5-6-22/h2-4,7-8,22H,5-6,9H2,1H3,(H,18,23)(H,19,20,24). The molecule has 0 unspecified atom stereocenters. The van der Waals surface area contributed by atoms with Crippen molar-refractivity contribution in [1.29, 1.82) is 0 Å². The van der Waals surface area contributed by atoms with Gasteiger partial charge in [-0.2, -0.15) is 5.10 Å². The molecule has 130 valence electrons. The van der Waals surface area contributed by atoms with Crippen LogP contribution < -0.4 is 10.9 Å². The highest BCUT2D eigenvalue weighted by Crippen LogP contribution is 2.16. The summed E-state index contributed by atoms with van der Waals surface area (Å²) >= 11 is 1.13. The number of aliphatic hydroxyl groups excluding tert-OH is 1. The summed E-state index contributed by atoms with van der Waals surface area (Å²) in [5.41, 5.74) is 1.85. The molecule has 0 spiro atoms. The van der Waals surface area contributed by atoms with Crippen molar-refractivity contribution in [2.45, 2.75) is 18.6 Å². The van der Waals surface area contributed by atoms with Crippen molar-refractivity contribution in [3.63, 3.8) is 0 Å². The van der Waals surface area contributed by atoms with E-state index in [4.69, 9.17) is 5.11 Å². The van der Waals surface area contributed by atoms with Crippen LogP contribution in [0.25, 0.3) is 11.0 Å². The number of amides is 1. The lowest BCUT2D eigenvalue weighted by Gasteiger charge is -2.06. The number of carbonyl (C=O) groups is 1. The van der Waals surface area contributed by atoms with Gasteiger partial charge in [0.2, 0.25) is 5.91 Å². The zero-order valence-electron chi connectivity index (χ0n) is 13.5. The number of rotatable bonds is 6. The van der Waals surface area contributed by atoms with Gasteiger partial charge in [-0.3, -0.25) is 9.59 Å². The predicted molar refractivity (Wildman–Crippen MR) is 95.8 cm³/mol. The highest BCUT2D eigenvalue weighted by Gasteiger charge is 2.11. The Morgan fingerprint density at radius 3 is 3.04 bits per heavy atom. The number of nitrogens with one attached hydrogen (secondary N) is 2.